The quantitative estimate of drug-likeness (QED) is 0.495. The maximum Gasteiger partial charge on any atom is 0.264 e. The number of sulfonamides is 1. The van der Waals surface area contributed by atoms with E-state index >= 15 is 0 Å². The molecule has 33 heavy (non-hydrogen) atoms. The third kappa shape index (κ3) is 6.38. The Labute approximate surface area is 203 Å². The summed E-state index contributed by atoms with van der Waals surface area (Å²) in [5.74, 6) is 0.0242. The second-order valence-corrected chi connectivity index (χ2v) is 10.0. The molecule has 0 amide bonds. The molecule has 0 aliphatic carbocycles. The largest absolute Gasteiger partial charge is 0.346 e. The van der Waals surface area contributed by atoms with Crippen LogP contribution in [0.1, 0.15) is 5.56 Å². The molecule has 11 heteroatoms. The highest BCUT2D eigenvalue weighted by atomic mass is 35.5. The summed E-state index contributed by atoms with van der Waals surface area (Å²) in [6.45, 7) is 4.30. The maximum absolute atomic E-state index is 12.5. The van der Waals surface area contributed by atoms with Crippen molar-refractivity contribution in [3.63, 3.8) is 0 Å². The van der Waals surface area contributed by atoms with E-state index in [0.717, 1.165) is 43.4 Å². The topological polar surface area (TPSA) is 90.5 Å². The number of nitrogens with one attached hydrogen (secondary N) is 2. The highest BCUT2D eigenvalue weighted by molar-refractivity contribution is 7.92. The Morgan fingerprint density at radius 3 is 2.24 bits per heavy atom. The first-order valence-corrected chi connectivity index (χ1v) is 12.6. The Bertz CT molecular complexity index is 1180. The molecule has 0 bridgehead atoms. The zero-order valence-electron chi connectivity index (χ0n) is 17.7. The van der Waals surface area contributed by atoms with Crippen LogP contribution in [0.2, 0.25) is 5.02 Å². The third-order valence-electron chi connectivity index (χ3n) is 5.19. The summed E-state index contributed by atoms with van der Waals surface area (Å²) in [5, 5.41) is 4.56. The van der Waals surface area contributed by atoms with Gasteiger partial charge in [0.25, 0.3) is 10.0 Å². The predicted octanol–water partition coefficient (Wildman–Crippen LogP) is 3.45. The van der Waals surface area contributed by atoms with Crippen molar-refractivity contribution in [3.05, 3.63) is 77.6 Å². The van der Waals surface area contributed by atoms with Crippen molar-refractivity contribution in [2.75, 3.05) is 36.2 Å². The van der Waals surface area contributed by atoms with Gasteiger partial charge in [0.05, 0.1) is 4.90 Å². The van der Waals surface area contributed by atoms with Crippen LogP contribution < -0.4 is 10.0 Å². The molecule has 4 rings (SSSR count). The molecule has 0 spiro atoms. The molecule has 3 aromatic rings. The van der Waals surface area contributed by atoms with Crippen LogP contribution >= 0.6 is 23.8 Å². The third-order valence-corrected chi connectivity index (χ3v) is 7.14. The van der Waals surface area contributed by atoms with Crippen molar-refractivity contribution in [2.24, 2.45) is 0 Å². The highest BCUT2D eigenvalue weighted by Crippen LogP contribution is 2.18. The van der Waals surface area contributed by atoms with Crippen molar-refractivity contribution < 1.29 is 8.42 Å². The zero-order chi connectivity index (χ0) is 23.3. The zero-order valence-corrected chi connectivity index (χ0v) is 20.1. The second-order valence-electron chi connectivity index (χ2n) is 7.52. The number of hydrogen-bond acceptors (Lipinski definition) is 6. The fourth-order valence-electron chi connectivity index (χ4n) is 3.41. The Morgan fingerprint density at radius 1 is 0.970 bits per heavy atom. The Kier molecular flexibility index (Phi) is 7.39. The molecular formula is C22H23ClN6O2S2. The number of aromatic nitrogens is 2. The summed E-state index contributed by atoms with van der Waals surface area (Å²) in [5.41, 5.74) is 1.95. The highest BCUT2D eigenvalue weighted by Gasteiger charge is 2.20. The lowest BCUT2D eigenvalue weighted by Crippen LogP contribution is -2.49. The molecule has 0 radical (unpaired) electrons. The van der Waals surface area contributed by atoms with Crippen LogP contribution in [0.4, 0.5) is 11.6 Å². The van der Waals surface area contributed by atoms with Gasteiger partial charge in [-0.2, -0.15) is 0 Å². The molecule has 1 aliphatic rings. The molecule has 0 saturated carbocycles. The maximum atomic E-state index is 12.5. The molecule has 1 saturated heterocycles. The molecule has 8 nitrogen and oxygen atoms in total. The first-order valence-electron chi connectivity index (χ1n) is 10.3. The summed E-state index contributed by atoms with van der Waals surface area (Å²) >= 11 is 11.5. The summed E-state index contributed by atoms with van der Waals surface area (Å²) in [4.78, 5) is 12.4. The van der Waals surface area contributed by atoms with Gasteiger partial charge in [-0.25, -0.2) is 23.1 Å². The monoisotopic (exact) mass is 502 g/mol. The Balaban J connectivity index is 1.28. The van der Waals surface area contributed by atoms with Gasteiger partial charge in [-0.3, -0.25) is 4.90 Å². The number of halogens is 1. The lowest BCUT2D eigenvalue weighted by Gasteiger charge is -2.36. The number of benzene rings is 2. The van der Waals surface area contributed by atoms with Crippen LogP contribution in [0.5, 0.6) is 0 Å². The summed E-state index contributed by atoms with van der Waals surface area (Å²) in [7, 11) is -3.77. The van der Waals surface area contributed by atoms with E-state index in [0.29, 0.717) is 5.11 Å². The van der Waals surface area contributed by atoms with E-state index in [-0.39, 0.29) is 10.8 Å². The van der Waals surface area contributed by atoms with E-state index in [4.69, 9.17) is 23.8 Å². The van der Waals surface area contributed by atoms with Crippen LogP contribution in [-0.2, 0) is 16.6 Å². The Hall–Kier alpha value is -2.79. The molecule has 1 aromatic heterocycles. The van der Waals surface area contributed by atoms with Gasteiger partial charge < -0.3 is 10.2 Å². The van der Waals surface area contributed by atoms with E-state index in [1.54, 1.807) is 18.2 Å². The Morgan fingerprint density at radius 2 is 1.61 bits per heavy atom. The molecule has 172 valence electrons. The molecule has 0 unspecified atom stereocenters. The lowest BCUT2D eigenvalue weighted by molar-refractivity contribution is 0.177. The first-order chi connectivity index (χ1) is 15.9. The van der Waals surface area contributed by atoms with E-state index in [1.807, 2.05) is 24.3 Å². The van der Waals surface area contributed by atoms with Crippen LogP contribution in [0.15, 0.2) is 71.9 Å². The van der Waals surface area contributed by atoms with Crippen LogP contribution in [0.3, 0.4) is 0 Å². The van der Waals surface area contributed by atoms with Gasteiger partial charge in [0, 0.05) is 55.8 Å². The molecule has 2 heterocycles. The van der Waals surface area contributed by atoms with Gasteiger partial charge in [-0.15, -0.1) is 0 Å². The molecule has 2 aromatic carbocycles. The lowest BCUT2D eigenvalue weighted by atomic mass is 10.2. The van der Waals surface area contributed by atoms with Crippen molar-refractivity contribution in [1.82, 2.24) is 19.8 Å². The average molecular weight is 503 g/mol. The number of rotatable bonds is 6. The molecule has 2 N–H and O–H groups in total. The number of anilines is 2. The van der Waals surface area contributed by atoms with E-state index in [9.17, 15) is 8.42 Å². The number of nitrogens with zero attached hydrogens (tertiary/aromatic N) is 4. The van der Waals surface area contributed by atoms with E-state index < -0.39 is 10.0 Å². The SMILES string of the molecule is O=S(=O)(Nc1ncccn1)c1ccc(NC(=S)N2CCN(Cc3ccc(Cl)cc3)CC2)cc1. The number of thiocarbonyl (C=S) groups is 1. The number of hydrogen-bond donors (Lipinski definition) is 2. The minimum atomic E-state index is -3.77. The van der Waals surface area contributed by atoms with Crippen molar-refractivity contribution in [1.29, 1.82) is 0 Å². The van der Waals surface area contributed by atoms with Crippen LogP contribution in [0.25, 0.3) is 0 Å². The molecular weight excluding hydrogens is 480 g/mol. The normalized spacial score (nSPS) is 14.6. The van der Waals surface area contributed by atoms with Gasteiger partial charge in [-0.1, -0.05) is 23.7 Å². The fourth-order valence-corrected chi connectivity index (χ4v) is 4.79. The van der Waals surface area contributed by atoms with Gasteiger partial charge >= 0.3 is 0 Å². The molecule has 1 aliphatic heterocycles. The van der Waals surface area contributed by atoms with Gasteiger partial charge in [0.2, 0.25) is 5.95 Å². The smallest absolute Gasteiger partial charge is 0.264 e. The van der Waals surface area contributed by atoms with E-state index in [2.05, 4.69) is 29.8 Å². The van der Waals surface area contributed by atoms with E-state index in [1.165, 1.54) is 30.1 Å². The number of piperazine rings is 1. The van der Waals surface area contributed by atoms with Gasteiger partial charge in [0.15, 0.2) is 5.11 Å². The minimum absolute atomic E-state index is 0.0242. The molecule has 0 atom stereocenters. The van der Waals surface area contributed by atoms with Crippen LogP contribution in [0, 0.1) is 0 Å². The van der Waals surface area contributed by atoms with Crippen molar-refractivity contribution in [3.8, 4) is 0 Å². The summed E-state index contributed by atoms with van der Waals surface area (Å²) in [6, 6.07) is 15.9. The van der Waals surface area contributed by atoms with Crippen molar-refractivity contribution in [2.45, 2.75) is 11.4 Å². The van der Waals surface area contributed by atoms with Gasteiger partial charge in [0.1, 0.15) is 0 Å². The predicted molar refractivity (Wildman–Crippen MR) is 134 cm³/mol. The fraction of sp³-hybridized carbons (Fsp3) is 0.227. The minimum Gasteiger partial charge on any atom is -0.346 e. The first kappa shape index (κ1) is 23.4. The molecule has 1 fully saturated rings. The summed E-state index contributed by atoms with van der Waals surface area (Å²) < 4.78 is 27.4. The second kappa shape index (κ2) is 10.4. The summed E-state index contributed by atoms with van der Waals surface area (Å²) in [6.07, 6.45) is 2.94. The van der Waals surface area contributed by atoms with Crippen molar-refractivity contribution >= 4 is 50.6 Å². The average Bonchev–Trinajstić information content (AvgIpc) is 2.82. The van der Waals surface area contributed by atoms with Crippen LogP contribution in [-0.4, -0.2) is 59.5 Å². The van der Waals surface area contributed by atoms with Gasteiger partial charge in [-0.05, 0) is 60.2 Å². The standard InChI is InChI=1S/C22H23ClN6O2S2/c23-18-4-2-17(3-5-18)16-28-12-14-29(15-13-28)22(32)26-19-6-8-20(9-7-19)33(30,31)27-21-24-10-1-11-25-21/h1-11H,12-16H2,(H,26,32)(H,24,25,27).